The molecule has 0 aliphatic carbocycles. The minimum absolute atomic E-state index is 0.0347. The fourth-order valence-electron chi connectivity index (χ4n) is 3.49. The van der Waals surface area contributed by atoms with Gasteiger partial charge >= 0.3 is 0 Å². The third-order valence-corrected chi connectivity index (χ3v) is 5.42. The van der Waals surface area contributed by atoms with Crippen molar-refractivity contribution in [1.29, 1.82) is 0 Å². The highest BCUT2D eigenvalue weighted by Gasteiger charge is 2.27. The maximum absolute atomic E-state index is 13.3. The van der Waals surface area contributed by atoms with Crippen LogP contribution in [0.5, 0.6) is 0 Å². The van der Waals surface area contributed by atoms with Crippen LogP contribution >= 0.6 is 11.6 Å². The molecule has 4 rings (SSSR count). The van der Waals surface area contributed by atoms with Crippen molar-refractivity contribution in [3.05, 3.63) is 71.4 Å². The fourth-order valence-corrected chi connectivity index (χ4v) is 3.72. The number of benzene rings is 2. The molecule has 148 valence electrons. The smallest absolute Gasteiger partial charge is 0.272 e. The first-order valence-corrected chi connectivity index (χ1v) is 9.87. The highest BCUT2D eigenvalue weighted by atomic mass is 35.5. The lowest BCUT2D eigenvalue weighted by atomic mass is 10.1. The molecule has 0 N–H and O–H groups in total. The van der Waals surface area contributed by atoms with Gasteiger partial charge in [-0.25, -0.2) is 4.68 Å². The van der Waals surface area contributed by atoms with E-state index in [1.54, 1.807) is 33.5 Å². The van der Waals surface area contributed by atoms with E-state index in [4.69, 9.17) is 16.7 Å². The molecule has 0 saturated carbocycles. The van der Waals surface area contributed by atoms with Gasteiger partial charge in [0.2, 0.25) is 5.91 Å². The van der Waals surface area contributed by atoms with E-state index in [1.165, 1.54) is 0 Å². The Morgan fingerprint density at radius 2 is 1.52 bits per heavy atom. The minimum atomic E-state index is -0.108. The topological polar surface area (TPSA) is 58.4 Å². The molecule has 0 unspecified atom stereocenters. The summed E-state index contributed by atoms with van der Waals surface area (Å²) in [5.41, 5.74) is 2.70. The first-order chi connectivity index (χ1) is 14.0. The van der Waals surface area contributed by atoms with Gasteiger partial charge < -0.3 is 9.80 Å². The van der Waals surface area contributed by atoms with Gasteiger partial charge in [-0.05, 0) is 24.3 Å². The number of para-hydroxylation sites is 1. The number of rotatable bonds is 3. The number of piperazine rings is 1. The quantitative estimate of drug-likeness (QED) is 0.666. The molecule has 2 aromatic carbocycles. The Kier molecular flexibility index (Phi) is 5.36. The molecule has 1 aromatic heterocycles. The lowest BCUT2D eigenvalue weighted by Gasteiger charge is -2.34. The average molecular weight is 409 g/mol. The lowest BCUT2D eigenvalue weighted by molar-refractivity contribution is -0.130. The predicted octanol–water partition coefficient (Wildman–Crippen LogP) is 3.50. The summed E-state index contributed by atoms with van der Waals surface area (Å²) in [6, 6.07) is 18.8. The fraction of sp³-hybridized carbons (Fsp3) is 0.227. The van der Waals surface area contributed by atoms with Crippen molar-refractivity contribution in [3.63, 3.8) is 0 Å². The SMILES string of the molecule is CC(=O)N1CCN(C(=O)c2cc(-c3ccccc3Cl)nn2-c2ccccc2)CC1. The van der Waals surface area contributed by atoms with Crippen LogP contribution in [0.1, 0.15) is 17.4 Å². The summed E-state index contributed by atoms with van der Waals surface area (Å²) in [7, 11) is 0. The number of hydrogen-bond acceptors (Lipinski definition) is 3. The molecule has 2 heterocycles. The van der Waals surface area contributed by atoms with Crippen LogP contribution in [0.15, 0.2) is 60.7 Å². The van der Waals surface area contributed by atoms with Gasteiger partial charge in [0.15, 0.2) is 0 Å². The molecule has 2 amide bonds. The Balaban J connectivity index is 1.71. The zero-order chi connectivity index (χ0) is 20.4. The minimum Gasteiger partial charge on any atom is -0.339 e. The molecule has 1 aliphatic rings. The Hall–Kier alpha value is -3.12. The molecule has 29 heavy (non-hydrogen) atoms. The van der Waals surface area contributed by atoms with E-state index < -0.39 is 0 Å². The largest absolute Gasteiger partial charge is 0.339 e. The highest BCUT2D eigenvalue weighted by Crippen LogP contribution is 2.28. The summed E-state index contributed by atoms with van der Waals surface area (Å²) in [6.07, 6.45) is 0. The van der Waals surface area contributed by atoms with Gasteiger partial charge in [0.05, 0.1) is 16.4 Å². The summed E-state index contributed by atoms with van der Waals surface area (Å²) >= 11 is 6.36. The molecule has 6 nitrogen and oxygen atoms in total. The van der Waals surface area contributed by atoms with Crippen LogP contribution in [-0.2, 0) is 4.79 Å². The van der Waals surface area contributed by atoms with Crippen molar-refractivity contribution in [2.45, 2.75) is 6.92 Å². The number of nitrogens with zero attached hydrogens (tertiary/aromatic N) is 4. The maximum atomic E-state index is 13.3. The normalized spacial score (nSPS) is 14.1. The van der Waals surface area contributed by atoms with E-state index in [2.05, 4.69) is 0 Å². The number of carbonyl (C=O) groups is 2. The monoisotopic (exact) mass is 408 g/mol. The number of hydrogen-bond donors (Lipinski definition) is 0. The van der Waals surface area contributed by atoms with Crippen LogP contribution in [0.25, 0.3) is 16.9 Å². The zero-order valence-corrected chi connectivity index (χ0v) is 16.8. The van der Waals surface area contributed by atoms with Crippen LogP contribution in [0.2, 0.25) is 5.02 Å². The third-order valence-electron chi connectivity index (χ3n) is 5.09. The summed E-state index contributed by atoms with van der Waals surface area (Å²) in [5.74, 6) is -0.0738. The van der Waals surface area contributed by atoms with E-state index in [0.717, 1.165) is 11.3 Å². The van der Waals surface area contributed by atoms with Crippen LogP contribution in [0.4, 0.5) is 0 Å². The van der Waals surface area contributed by atoms with E-state index in [1.807, 2.05) is 48.5 Å². The van der Waals surface area contributed by atoms with E-state index in [0.29, 0.717) is 42.6 Å². The number of aromatic nitrogens is 2. The molecule has 7 heteroatoms. The molecule has 1 saturated heterocycles. The maximum Gasteiger partial charge on any atom is 0.272 e. The van der Waals surface area contributed by atoms with Gasteiger partial charge in [-0.15, -0.1) is 0 Å². The molecule has 0 atom stereocenters. The molecule has 3 aromatic rings. The van der Waals surface area contributed by atoms with Crippen molar-refractivity contribution in [2.24, 2.45) is 0 Å². The second-order valence-corrected chi connectivity index (χ2v) is 7.35. The van der Waals surface area contributed by atoms with E-state index in [9.17, 15) is 9.59 Å². The third kappa shape index (κ3) is 3.89. The highest BCUT2D eigenvalue weighted by molar-refractivity contribution is 6.33. The molecule has 0 bridgehead atoms. The standard InChI is InChI=1S/C22H21ClN4O2/c1-16(28)25-11-13-26(14-12-25)22(29)21-15-20(18-9-5-6-10-19(18)23)24-27(21)17-7-3-2-4-8-17/h2-10,15H,11-14H2,1H3. The molecular formula is C22H21ClN4O2. The van der Waals surface area contributed by atoms with E-state index in [-0.39, 0.29) is 11.8 Å². The summed E-state index contributed by atoms with van der Waals surface area (Å²) in [4.78, 5) is 28.4. The average Bonchev–Trinajstić information content (AvgIpc) is 3.19. The van der Waals surface area contributed by atoms with Crippen molar-refractivity contribution < 1.29 is 9.59 Å². The Bertz CT molecular complexity index is 1040. The van der Waals surface area contributed by atoms with Crippen molar-refractivity contribution >= 4 is 23.4 Å². The molecule has 1 aliphatic heterocycles. The molecule has 1 fully saturated rings. The first-order valence-electron chi connectivity index (χ1n) is 9.50. The van der Waals surface area contributed by atoms with Gasteiger partial charge in [0.25, 0.3) is 5.91 Å². The Labute approximate surface area is 174 Å². The van der Waals surface area contributed by atoms with Crippen LogP contribution < -0.4 is 0 Å². The lowest BCUT2D eigenvalue weighted by Crippen LogP contribution is -2.50. The van der Waals surface area contributed by atoms with Crippen LogP contribution in [0, 0.1) is 0 Å². The molecule has 0 spiro atoms. The van der Waals surface area contributed by atoms with Crippen molar-refractivity contribution in [2.75, 3.05) is 26.2 Å². The van der Waals surface area contributed by atoms with Gasteiger partial charge in [0, 0.05) is 38.7 Å². The summed E-state index contributed by atoms with van der Waals surface area (Å²) in [5, 5.41) is 5.27. The van der Waals surface area contributed by atoms with Gasteiger partial charge in [-0.1, -0.05) is 48.0 Å². The van der Waals surface area contributed by atoms with Gasteiger partial charge in [-0.2, -0.15) is 5.10 Å². The van der Waals surface area contributed by atoms with Crippen molar-refractivity contribution in [3.8, 4) is 16.9 Å². The number of amides is 2. The summed E-state index contributed by atoms with van der Waals surface area (Å²) in [6.45, 7) is 3.63. The zero-order valence-electron chi connectivity index (χ0n) is 16.1. The molecular weight excluding hydrogens is 388 g/mol. The number of halogens is 1. The first kappa shape index (κ1) is 19.2. The van der Waals surface area contributed by atoms with Crippen molar-refractivity contribution in [1.82, 2.24) is 19.6 Å². The van der Waals surface area contributed by atoms with Gasteiger partial charge in [0.1, 0.15) is 5.69 Å². The van der Waals surface area contributed by atoms with Gasteiger partial charge in [-0.3, -0.25) is 9.59 Å². The van der Waals surface area contributed by atoms with Crippen LogP contribution in [-0.4, -0.2) is 57.6 Å². The second kappa shape index (κ2) is 8.09. The van der Waals surface area contributed by atoms with E-state index >= 15 is 0 Å². The predicted molar refractivity (Wildman–Crippen MR) is 112 cm³/mol. The summed E-state index contributed by atoms with van der Waals surface area (Å²) < 4.78 is 1.67. The van der Waals surface area contributed by atoms with Crippen LogP contribution in [0.3, 0.4) is 0 Å². The Morgan fingerprint density at radius 1 is 0.897 bits per heavy atom. The number of carbonyl (C=O) groups excluding carboxylic acids is 2. The Morgan fingerprint density at radius 3 is 2.17 bits per heavy atom. The molecule has 0 radical (unpaired) electrons. The second-order valence-electron chi connectivity index (χ2n) is 6.94.